The number of hydrogen-bond donors (Lipinski definition) is 1. The minimum absolute atomic E-state index is 0.547. The third kappa shape index (κ3) is 2.01. The van der Waals surface area contributed by atoms with Gasteiger partial charge in [0.15, 0.2) is 5.65 Å². The van der Waals surface area contributed by atoms with Crippen LogP contribution >= 0.6 is 0 Å². The van der Waals surface area contributed by atoms with E-state index in [-0.39, 0.29) is 0 Å². The summed E-state index contributed by atoms with van der Waals surface area (Å²) in [5, 5.41) is 8.67. The minimum atomic E-state index is 0.547. The third-order valence-corrected chi connectivity index (χ3v) is 4.14. The maximum Gasteiger partial charge on any atom is 0.161 e. The molecule has 0 unspecified atom stereocenters. The Morgan fingerprint density at radius 1 is 1.28 bits per heavy atom. The lowest BCUT2D eigenvalue weighted by Gasteiger charge is -2.26. The lowest BCUT2D eigenvalue weighted by atomic mass is 9.81. The molecule has 0 aromatic carbocycles. The first-order chi connectivity index (χ1) is 8.78. The SMILES string of the molecule is Cc1ccn2c(C3CCC(CN)CC3)nnc2c1. The molecule has 4 nitrogen and oxygen atoms in total. The van der Waals surface area contributed by atoms with Gasteiger partial charge in [-0.1, -0.05) is 0 Å². The zero-order valence-electron chi connectivity index (χ0n) is 10.8. The van der Waals surface area contributed by atoms with Crippen LogP contribution in [0.1, 0.15) is 43.0 Å². The van der Waals surface area contributed by atoms with E-state index in [4.69, 9.17) is 5.73 Å². The maximum absolute atomic E-state index is 5.74. The molecule has 1 aliphatic carbocycles. The fourth-order valence-electron chi connectivity index (χ4n) is 2.95. The van der Waals surface area contributed by atoms with Crippen LogP contribution < -0.4 is 5.73 Å². The van der Waals surface area contributed by atoms with Gasteiger partial charge in [-0.3, -0.25) is 4.40 Å². The Labute approximate surface area is 107 Å². The molecule has 3 rings (SSSR count). The molecule has 2 aromatic rings. The number of nitrogens with two attached hydrogens (primary N) is 1. The molecule has 2 N–H and O–H groups in total. The Kier molecular flexibility index (Phi) is 3.04. The zero-order chi connectivity index (χ0) is 12.5. The fraction of sp³-hybridized carbons (Fsp3) is 0.571. The van der Waals surface area contributed by atoms with Gasteiger partial charge in [-0.2, -0.15) is 0 Å². The lowest BCUT2D eigenvalue weighted by molar-refractivity contribution is 0.324. The van der Waals surface area contributed by atoms with Gasteiger partial charge in [0.05, 0.1) is 0 Å². The number of aryl methyl sites for hydroxylation is 1. The quantitative estimate of drug-likeness (QED) is 0.881. The molecule has 0 amide bonds. The van der Waals surface area contributed by atoms with Crippen molar-refractivity contribution in [2.24, 2.45) is 11.7 Å². The molecule has 0 saturated heterocycles. The normalized spacial score (nSPS) is 24.6. The Morgan fingerprint density at radius 3 is 2.78 bits per heavy atom. The van der Waals surface area contributed by atoms with Crippen molar-refractivity contribution in [3.63, 3.8) is 0 Å². The van der Waals surface area contributed by atoms with E-state index >= 15 is 0 Å². The van der Waals surface area contributed by atoms with E-state index in [9.17, 15) is 0 Å². The highest BCUT2D eigenvalue weighted by Crippen LogP contribution is 2.34. The zero-order valence-corrected chi connectivity index (χ0v) is 10.8. The summed E-state index contributed by atoms with van der Waals surface area (Å²) in [5.74, 6) is 2.38. The van der Waals surface area contributed by atoms with Gasteiger partial charge in [-0.15, -0.1) is 10.2 Å². The van der Waals surface area contributed by atoms with Crippen LogP contribution in [0.5, 0.6) is 0 Å². The highest BCUT2D eigenvalue weighted by molar-refractivity contribution is 5.41. The second-order valence-corrected chi connectivity index (χ2v) is 5.44. The Bertz CT molecular complexity index is 538. The van der Waals surface area contributed by atoms with E-state index in [1.54, 1.807) is 0 Å². The summed E-state index contributed by atoms with van der Waals surface area (Å²) < 4.78 is 2.14. The summed E-state index contributed by atoms with van der Waals surface area (Å²) in [5.41, 5.74) is 7.94. The average Bonchev–Trinajstić information content (AvgIpc) is 2.81. The molecule has 1 saturated carbocycles. The lowest BCUT2D eigenvalue weighted by Crippen LogP contribution is -2.21. The predicted molar refractivity (Wildman–Crippen MR) is 71.5 cm³/mol. The standard InChI is InChI=1S/C14H20N4/c1-10-6-7-18-13(8-10)16-17-14(18)12-4-2-11(9-15)3-5-12/h6-8,11-12H,2-5,9,15H2,1H3. The topological polar surface area (TPSA) is 56.2 Å². The maximum atomic E-state index is 5.74. The fourth-order valence-corrected chi connectivity index (χ4v) is 2.95. The van der Waals surface area contributed by atoms with Gasteiger partial charge >= 0.3 is 0 Å². The van der Waals surface area contributed by atoms with Crippen molar-refractivity contribution < 1.29 is 0 Å². The number of aromatic nitrogens is 3. The average molecular weight is 244 g/mol. The van der Waals surface area contributed by atoms with Crippen molar-refractivity contribution in [2.75, 3.05) is 6.54 Å². The molecule has 0 aliphatic heterocycles. The van der Waals surface area contributed by atoms with Gasteiger partial charge in [-0.25, -0.2) is 0 Å². The Balaban J connectivity index is 1.87. The first-order valence-electron chi connectivity index (χ1n) is 6.79. The van der Waals surface area contributed by atoms with Crippen LogP contribution in [-0.4, -0.2) is 21.1 Å². The summed E-state index contributed by atoms with van der Waals surface area (Å²) in [4.78, 5) is 0. The summed E-state index contributed by atoms with van der Waals surface area (Å²) in [6.07, 6.45) is 6.92. The molecule has 0 bridgehead atoms. The molecule has 0 radical (unpaired) electrons. The number of fused-ring (bicyclic) bond motifs is 1. The second kappa shape index (κ2) is 4.69. The summed E-state index contributed by atoms with van der Waals surface area (Å²) in [6.45, 7) is 2.91. The van der Waals surface area contributed by atoms with E-state index in [1.807, 2.05) is 0 Å². The summed E-state index contributed by atoms with van der Waals surface area (Å²) >= 11 is 0. The van der Waals surface area contributed by atoms with Crippen molar-refractivity contribution in [1.29, 1.82) is 0 Å². The molecular weight excluding hydrogens is 224 g/mol. The van der Waals surface area contributed by atoms with Crippen LogP contribution in [0.2, 0.25) is 0 Å². The van der Waals surface area contributed by atoms with Crippen molar-refractivity contribution in [3.8, 4) is 0 Å². The summed E-state index contributed by atoms with van der Waals surface area (Å²) in [6, 6.07) is 4.20. The van der Waals surface area contributed by atoms with Crippen molar-refractivity contribution in [1.82, 2.24) is 14.6 Å². The highest BCUT2D eigenvalue weighted by atomic mass is 15.2. The first-order valence-corrected chi connectivity index (χ1v) is 6.79. The molecule has 0 atom stereocenters. The largest absolute Gasteiger partial charge is 0.330 e. The molecule has 0 spiro atoms. The van der Waals surface area contributed by atoms with Gasteiger partial charge in [0.1, 0.15) is 5.82 Å². The van der Waals surface area contributed by atoms with Crippen LogP contribution in [0.15, 0.2) is 18.3 Å². The molecule has 1 aliphatic rings. The molecule has 2 aromatic heterocycles. The molecule has 18 heavy (non-hydrogen) atoms. The first kappa shape index (κ1) is 11.7. The Hall–Kier alpha value is -1.42. The number of nitrogens with zero attached hydrogens (tertiary/aromatic N) is 3. The van der Waals surface area contributed by atoms with Gasteiger partial charge < -0.3 is 5.73 Å². The van der Waals surface area contributed by atoms with Crippen LogP contribution in [0, 0.1) is 12.8 Å². The van der Waals surface area contributed by atoms with Gasteiger partial charge in [0, 0.05) is 12.1 Å². The molecule has 1 fully saturated rings. The van der Waals surface area contributed by atoms with E-state index in [0.29, 0.717) is 11.8 Å². The molecular formula is C14H20N4. The van der Waals surface area contributed by atoms with E-state index in [2.05, 4.69) is 39.9 Å². The van der Waals surface area contributed by atoms with Gasteiger partial charge in [-0.05, 0) is 62.8 Å². The van der Waals surface area contributed by atoms with Crippen molar-refractivity contribution in [3.05, 3.63) is 29.7 Å². The van der Waals surface area contributed by atoms with Crippen LogP contribution in [0.25, 0.3) is 5.65 Å². The van der Waals surface area contributed by atoms with Crippen LogP contribution in [0.4, 0.5) is 0 Å². The monoisotopic (exact) mass is 244 g/mol. The second-order valence-electron chi connectivity index (χ2n) is 5.44. The molecule has 4 heteroatoms. The van der Waals surface area contributed by atoms with Gasteiger partial charge in [0.2, 0.25) is 0 Å². The van der Waals surface area contributed by atoms with E-state index in [1.165, 1.54) is 31.2 Å². The van der Waals surface area contributed by atoms with E-state index < -0.39 is 0 Å². The number of hydrogen-bond acceptors (Lipinski definition) is 3. The minimum Gasteiger partial charge on any atom is -0.330 e. The molecule has 96 valence electrons. The predicted octanol–water partition coefficient (Wildman–Crippen LogP) is 2.27. The van der Waals surface area contributed by atoms with Crippen molar-refractivity contribution >= 4 is 5.65 Å². The third-order valence-electron chi connectivity index (χ3n) is 4.14. The smallest absolute Gasteiger partial charge is 0.161 e. The Morgan fingerprint density at radius 2 is 2.06 bits per heavy atom. The summed E-state index contributed by atoms with van der Waals surface area (Å²) in [7, 11) is 0. The van der Waals surface area contributed by atoms with Crippen LogP contribution in [0.3, 0.4) is 0 Å². The highest BCUT2D eigenvalue weighted by Gasteiger charge is 2.24. The van der Waals surface area contributed by atoms with Crippen LogP contribution in [-0.2, 0) is 0 Å². The van der Waals surface area contributed by atoms with Crippen molar-refractivity contribution in [2.45, 2.75) is 38.5 Å². The van der Waals surface area contributed by atoms with Gasteiger partial charge in [0.25, 0.3) is 0 Å². The number of rotatable bonds is 2. The number of pyridine rings is 1. The van der Waals surface area contributed by atoms with E-state index in [0.717, 1.165) is 18.0 Å². The molecule has 2 heterocycles.